The molecular formula is C26H35N3O4S. The summed E-state index contributed by atoms with van der Waals surface area (Å²) in [4.78, 5) is 16.9. The van der Waals surface area contributed by atoms with Gasteiger partial charge in [0.15, 0.2) is 0 Å². The molecule has 2 heterocycles. The Labute approximate surface area is 203 Å². The first kappa shape index (κ1) is 24.7. The Kier molecular flexibility index (Phi) is 6.77. The summed E-state index contributed by atoms with van der Waals surface area (Å²) >= 11 is 0. The first-order chi connectivity index (χ1) is 16.1. The van der Waals surface area contributed by atoms with E-state index in [4.69, 9.17) is 4.74 Å². The lowest BCUT2D eigenvalue weighted by atomic mass is 9.86. The number of carbonyl (C=O) groups is 1. The molecule has 2 aliphatic heterocycles. The van der Waals surface area contributed by atoms with Crippen molar-refractivity contribution < 1.29 is 17.9 Å². The van der Waals surface area contributed by atoms with Gasteiger partial charge in [-0.1, -0.05) is 19.1 Å². The van der Waals surface area contributed by atoms with E-state index in [9.17, 15) is 13.2 Å². The maximum Gasteiger partial charge on any atom is 0.243 e. The van der Waals surface area contributed by atoms with Gasteiger partial charge in [0.05, 0.1) is 17.4 Å². The van der Waals surface area contributed by atoms with Gasteiger partial charge in [0, 0.05) is 25.3 Å². The van der Waals surface area contributed by atoms with Gasteiger partial charge in [0.25, 0.3) is 0 Å². The molecule has 184 valence electrons. The van der Waals surface area contributed by atoms with Crippen LogP contribution < -0.4 is 9.64 Å². The van der Waals surface area contributed by atoms with Gasteiger partial charge in [-0.25, -0.2) is 8.42 Å². The molecule has 2 aliphatic rings. The average Bonchev–Trinajstić information content (AvgIpc) is 3.02. The highest BCUT2D eigenvalue weighted by Gasteiger charge is 2.43. The van der Waals surface area contributed by atoms with Gasteiger partial charge in [-0.05, 0) is 87.8 Å². The summed E-state index contributed by atoms with van der Waals surface area (Å²) in [5.74, 6) is 0.711. The third kappa shape index (κ3) is 4.34. The summed E-state index contributed by atoms with van der Waals surface area (Å²) in [7, 11) is -0.438. The Hall–Kier alpha value is -2.42. The van der Waals surface area contributed by atoms with Crippen LogP contribution in [0.3, 0.4) is 0 Å². The molecule has 0 saturated carbocycles. The number of amides is 1. The van der Waals surface area contributed by atoms with E-state index in [1.807, 2.05) is 38.1 Å². The second-order valence-electron chi connectivity index (χ2n) is 9.73. The average molecular weight is 486 g/mol. The van der Waals surface area contributed by atoms with E-state index in [0.29, 0.717) is 6.54 Å². The number of fused-ring (bicyclic) bond motifs is 1. The number of carbonyl (C=O) groups excluding carboxylic acids is 1. The maximum atomic E-state index is 14.1. The monoisotopic (exact) mass is 485 g/mol. The highest BCUT2D eigenvalue weighted by Crippen LogP contribution is 2.42. The Balaban J connectivity index is 1.71. The molecule has 0 bridgehead atoms. The number of likely N-dealkylation sites (tertiary alicyclic amines) is 1. The molecule has 1 fully saturated rings. The van der Waals surface area contributed by atoms with Crippen LogP contribution in [0.4, 0.5) is 5.69 Å². The molecule has 1 saturated heterocycles. The third-order valence-corrected chi connectivity index (χ3v) is 9.25. The van der Waals surface area contributed by atoms with Crippen molar-refractivity contribution in [2.75, 3.05) is 38.7 Å². The molecule has 0 aliphatic carbocycles. The number of rotatable bonds is 7. The van der Waals surface area contributed by atoms with Crippen molar-refractivity contribution in [1.29, 1.82) is 0 Å². The molecular weight excluding hydrogens is 450 g/mol. The predicted molar refractivity (Wildman–Crippen MR) is 134 cm³/mol. The second kappa shape index (κ2) is 9.32. The van der Waals surface area contributed by atoms with Gasteiger partial charge < -0.3 is 14.5 Å². The van der Waals surface area contributed by atoms with Crippen molar-refractivity contribution in [3.8, 4) is 5.75 Å². The predicted octanol–water partition coefficient (Wildman–Crippen LogP) is 3.62. The van der Waals surface area contributed by atoms with Crippen LogP contribution in [0.5, 0.6) is 5.75 Å². The summed E-state index contributed by atoms with van der Waals surface area (Å²) in [5.41, 5.74) is 1.68. The number of likely N-dealkylation sites (N-methyl/N-ethyl adjacent to an activating group) is 1. The Bertz CT molecular complexity index is 1150. The zero-order valence-corrected chi connectivity index (χ0v) is 21.6. The summed E-state index contributed by atoms with van der Waals surface area (Å²) in [6.45, 7) is 8.87. The molecule has 0 spiro atoms. The lowest BCUT2D eigenvalue weighted by Gasteiger charge is -2.37. The molecule has 4 rings (SSSR count). The Morgan fingerprint density at radius 1 is 1.09 bits per heavy atom. The van der Waals surface area contributed by atoms with E-state index >= 15 is 0 Å². The number of benzene rings is 2. The molecule has 0 radical (unpaired) electrons. The van der Waals surface area contributed by atoms with Gasteiger partial charge in [-0.3, -0.25) is 4.79 Å². The molecule has 0 unspecified atom stereocenters. The number of anilines is 1. The van der Waals surface area contributed by atoms with E-state index in [-0.39, 0.29) is 16.8 Å². The van der Waals surface area contributed by atoms with Crippen molar-refractivity contribution in [3.63, 3.8) is 0 Å². The highest BCUT2D eigenvalue weighted by molar-refractivity contribution is 7.89. The fourth-order valence-electron chi connectivity index (χ4n) is 5.09. The van der Waals surface area contributed by atoms with Gasteiger partial charge >= 0.3 is 0 Å². The summed E-state index contributed by atoms with van der Waals surface area (Å²) in [6.07, 6.45) is 1.59. The number of sulfonamides is 1. The first-order valence-corrected chi connectivity index (χ1v) is 13.3. The zero-order chi connectivity index (χ0) is 24.7. The lowest BCUT2D eigenvalue weighted by Crippen LogP contribution is -2.46. The van der Waals surface area contributed by atoms with Crippen LogP contribution in [0, 0.1) is 0 Å². The van der Waals surface area contributed by atoms with E-state index < -0.39 is 15.4 Å². The van der Waals surface area contributed by atoms with Gasteiger partial charge in [0.1, 0.15) is 5.75 Å². The minimum Gasteiger partial charge on any atom is -0.497 e. The first-order valence-electron chi connectivity index (χ1n) is 11.9. The Morgan fingerprint density at radius 2 is 1.74 bits per heavy atom. The lowest BCUT2D eigenvalue weighted by molar-refractivity contribution is -0.121. The largest absolute Gasteiger partial charge is 0.497 e. The molecule has 2 aromatic carbocycles. The van der Waals surface area contributed by atoms with E-state index in [2.05, 4.69) is 11.8 Å². The number of ether oxygens (including phenoxy) is 1. The van der Waals surface area contributed by atoms with Gasteiger partial charge in [-0.15, -0.1) is 0 Å². The molecule has 0 aromatic heterocycles. The number of nitrogens with zero attached hydrogens (tertiary/aromatic N) is 3. The standard InChI is InChI=1S/C26H35N3O4S/c1-6-28-15-13-20(14-16-28)29(18-19-7-9-21(33-5)10-8-19)34(31,32)22-11-12-24-23(17-22)26(2,3)25(30)27(24)4/h7-12,17,20H,6,13-16,18H2,1-5H3. The van der Waals surface area contributed by atoms with Crippen LogP contribution in [0.2, 0.25) is 0 Å². The summed E-state index contributed by atoms with van der Waals surface area (Å²) < 4.78 is 35.1. The van der Waals surface area contributed by atoms with Crippen molar-refractivity contribution in [2.45, 2.75) is 56.5 Å². The molecule has 1 amide bonds. The third-order valence-electron chi connectivity index (χ3n) is 7.36. The molecule has 0 atom stereocenters. The number of hydrogen-bond donors (Lipinski definition) is 0. The van der Waals surface area contributed by atoms with Crippen LogP contribution >= 0.6 is 0 Å². The second-order valence-corrected chi connectivity index (χ2v) is 11.6. The topological polar surface area (TPSA) is 70.2 Å². The minimum atomic E-state index is -3.79. The van der Waals surface area contributed by atoms with Gasteiger partial charge in [-0.2, -0.15) is 4.31 Å². The Morgan fingerprint density at radius 3 is 2.32 bits per heavy atom. The van der Waals surface area contributed by atoms with Crippen LogP contribution in [0.1, 0.15) is 44.7 Å². The normalized spacial score (nSPS) is 19.0. The van der Waals surface area contributed by atoms with Crippen molar-refractivity contribution in [1.82, 2.24) is 9.21 Å². The van der Waals surface area contributed by atoms with Gasteiger partial charge in [0.2, 0.25) is 15.9 Å². The highest BCUT2D eigenvalue weighted by atomic mass is 32.2. The van der Waals surface area contributed by atoms with E-state index in [0.717, 1.165) is 55.0 Å². The summed E-state index contributed by atoms with van der Waals surface area (Å²) in [5, 5.41) is 0. The van der Waals surface area contributed by atoms with Crippen molar-refractivity contribution in [3.05, 3.63) is 53.6 Å². The maximum absolute atomic E-state index is 14.1. The number of piperidine rings is 1. The fraction of sp³-hybridized carbons (Fsp3) is 0.500. The quantitative estimate of drug-likeness (QED) is 0.599. The number of methoxy groups -OCH3 is 1. The smallest absolute Gasteiger partial charge is 0.243 e. The van der Waals surface area contributed by atoms with Crippen LogP contribution in [0.25, 0.3) is 0 Å². The van der Waals surface area contributed by atoms with Crippen LogP contribution in [-0.4, -0.2) is 63.4 Å². The molecule has 0 N–H and O–H groups in total. The molecule has 2 aromatic rings. The van der Waals surface area contributed by atoms with Crippen molar-refractivity contribution in [2.24, 2.45) is 0 Å². The SMILES string of the molecule is CCN1CCC(N(Cc2ccc(OC)cc2)S(=O)(=O)c2ccc3c(c2)C(C)(C)C(=O)N3C)CC1. The van der Waals surface area contributed by atoms with E-state index in [1.165, 1.54) is 0 Å². The van der Waals surface area contributed by atoms with Crippen LogP contribution in [0.15, 0.2) is 47.4 Å². The van der Waals surface area contributed by atoms with Crippen molar-refractivity contribution >= 4 is 21.6 Å². The molecule has 8 heteroatoms. The zero-order valence-electron chi connectivity index (χ0n) is 20.7. The molecule has 34 heavy (non-hydrogen) atoms. The number of hydrogen-bond acceptors (Lipinski definition) is 5. The van der Waals surface area contributed by atoms with E-state index in [1.54, 1.807) is 41.6 Å². The molecule has 7 nitrogen and oxygen atoms in total. The fourth-order valence-corrected chi connectivity index (χ4v) is 6.79. The van der Waals surface area contributed by atoms with Crippen LogP contribution in [-0.2, 0) is 26.8 Å². The minimum absolute atomic E-state index is 0.0286. The summed E-state index contributed by atoms with van der Waals surface area (Å²) in [6, 6.07) is 12.6.